The second-order valence-electron chi connectivity index (χ2n) is 3.56. The van der Waals surface area contributed by atoms with Gasteiger partial charge in [-0.15, -0.1) is 0 Å². The molecule has 0 N–H and O–H groups in total. The van der Waals surface area contributed by atoms with Crippen LogP contribution in [0.25, 0.3) is 0 Å². The van der Waals surface area contributed by atoms with E-state index in [2.05, 4.69) is 22.9 Å². The Bertz CT molecular complexity index is 357. The first-order chi connectivity index (χ1) is 6.20. The summed E-state index contributed by atoms with van der Waals surface area (Å²) in [4.78, 5) is 11.6. The molecule has 0 fully saturated rings. The van der Waals surface area contributed by atoms with E-state index in [4.69, 9.17) is 0 Å². The Hall–Kier alpha value is -0.630. The summed E-state index contributed by atoms with van der Waals surface area (Å²) in [5, 5.41) is 0. The molecular formula is C11H11BrO. The Morgan fingerprint density at radius 3 is 2.92 bits per heavy atom. The molecule has 1 aromatic carbocycles. The van der Waals surface area contributed by atoms with E-state index in [1.165, 1.54) is 5.56 Å². The molecular weight excluding hydrogens is 228 g/mol. The van der Waals surface area contributed by atoms with E-state index in [1.54, 1.807) is 0 Å². The molecule has 13 heavy (non-hydrogen) atoms. The molecule has 1 aliphatic rings. The molecule has 0 radical (unpaired) electrons. The number of fused-ring (bicyclic) bond motifs is 1. The Morgan fingerprint density at radius 1 is 1.46 bits per heavy atom. The van der Waals surface area contributed by atoms with Gasteiger partial charge in [0.05, 0.1) is 0 Å². The van der Waals surface area contributed by atoms with Crippen LogP contribution >= 0.6 is 15.9 Å². The van der Waals surface area contributed by atoms with Gasteiger partial charge in [0.2, 0.25) is 0 Å². The van der Waals surface area contributed by atoms with E-state index >= 15 is 0 Å². The molecule has 1 aromatic rings. The molecule has 0 aliphatic heterocycles. The molecule has 0 amide bonds. The van der Waals surface area contributed by atoms with Gasteiger partial charge in [0.1, 0.15) is 0 Å². The van der Waals surface area contributed by atoms with Crippen molar-refractivity contribution in [2.24, 2.45) is 0 Å². The maximum atomic E-state index is 11.6. The highest BCUT2D eigenvalue weighted by molar-refractivity contribution is 9.10. The largest absolute Gasteiger partial charge is 0.294 e. The van der Waals surface area contributed by atoms with Crippen molar-refractivity contribution in [1.82, 2.24) is 0 Å². The quantitative estimate of drug-likeness (QED) is 0.676. The smallest absolute Gasteiger partial charge is 0.163 e. The molecule has 0 saturated heterocycles. The molecule has 2 heteroatoms. The molecule has 0 spiro atoms. The fourth-order valence-corrected chi connectivity index (χ4v) is 2.66. The van der Waals surface area contributed by atoms with Crippen LogP contribution in [-0.2, 0) is 0 Å². The zero-order valence-electron chi connectivity index (χ0n) is 7.51. The van der Waals surface area contributed by atoms with Crippen molar-refractivity contribution in [2.45, 2.75) is 25.7 Å². The first kappa shape index (κ1) is 8.95. The number of halogens is 1. The number of benzene rings is 1. The van der Waals surface area contributed by atoms with Crippen LogP contribution in [0, 0.1) is 0 Å². The third-order valence-electron chi connectivity index (χ3n) is 2.65. The molecule has 1 atom stereocenters. The number of rotatable bonds is 0. The summed E-state index contributed by atoms with van der Waals surface area (Å²) in [6, 6.07) is 5.87. The van der Waals surface area contributed by atoms with Gasteiger partial charge in [-0.1, -0.05) is 35.0 Å². The summed E-state index contributed by atoms with van der Waals surface area (Å²) in [6.45, 7) is 2.18. The zero-order valence-corrected chi connectivity index (χ0v) is 9.10. The van der Waals surface area contributed by atoms with Crippen molar-refractivity contribution in [3.63, 3.8) is 0 Å². The second-order valence-corrected chi connectivity index (χ2v) is 4.42. The van der Waals surface area contributed by atoms with E-state index < -0.39 is 0 Å². The van der Waals surface area contributed by atoms with Crippen molar-refractivity contribution in [2.75, 3.05) is 0 Å². The van der Waals surface area contributed by atoms with Crippen LogP contribution in [0.3, 0.4) is 0 Å². The predicted molar refractivity (Wildman–Crippen MR) is 56.1 cm³/mol. The van der Waals surface area contributed by atoms with Gasteiger partial charge in [-0.2, -0.15) is 0 Å². The summed E-state index contributed by atoms with van der Waals surface area (Å²) in [5.74, 6) is 0.790. The van der Waals surface area contributed by atoms with Gasteiger partial charge in [0.25, 0.3) is 0 Å². The number of carbonyl (C=O) groups is 1. The summed E-state index contributed by atoms with van der Waals surface area (Å²) in [5.41, 5.74) is 2.10. The minimum Gasteiger partial charge on any atom is -0.294 e. The zero-order chi connectivity index (χ0) is 9.42. The van der Waals surface area contributed by atoms with E-state index in [-0.39, 0.29) is 5.78 Å². The van der Waals surface area contributed by atoms with Gasteiger partial charge < -0.3 is 0 Å². The standard InChI is InChI=1S/C11H11BrO/c1-7-5-6-10(13)8-3-2-4-9(12)11(7)8/h2-4,7H,5-6H2,1H3. The average Bonchev–Trinajstić information content (AvgIpc) is 2.12. The molecule has 0 bridgehead atoms. The number of ketones is 1. The van der Waals surface area contributed by atoms with Gasteiger partial charge in [0, 0.05) is 16.5 Å². The Kier molecular flexibility index (Phi) is 2.24. The highest BCUT2D eigenvalue weighted by Crippen LogP contribution is 2.35. The topological polar surface area (TPSA) is 17.1 Å². The van der Waals surface area contributed by atoms with Crippen LogP contribution in [0.15, 0.2) is 22.7 Å². The van der Waals surface area contributed by atoms with Crippen LogP contribution in [0.2, 0.25) is 0 Å². The second kappa shape index (κ2) is 3.26. The maximum absolute atomic E-state index is 11.6. The van der Waals surface area contributed by atoms with Crippen LogP contribution in [0.4, 0.5) is 0 Å². The summed E-state index contributed by atoms with van der Waals surface area (Å²) >= 11 is 3.50. The lowest BCUT2D eigenvalue weighted by atomic mass is 9.83. The molecule has 1 nitrogen and oxygen atoms in total. The fraction of sp³-hybridized carbons (Fsp3) is 0.364. The lowest BCUT2D eigenvalue weighted by Crippen LogP contribution is -2.14. The lowest BCUT2D eigenvalue weighted by Gasteiger charge is -2.22. The van der Waals surface area contributed by atoms with Gasteiger partial charge in [-0.05, 0) is 24.0 Å². The van der Waals surface area contributed by atoms with Gasteiger partial charge in [-0.3, -0.25) is 4.79 Å². The van der Waals surface area contributed by atoms with E-state index in [0.717, 1.165) is 16.5 Å². The highest BCUT2D eigenvalue weighted by Gasteiger charge is 2.23. The average molecular weight is 239 g/mol. The van der Waals surface area contributed by atoms with Crippen molar-refractivity contribution in [1.29, 1.82) is 0 Å². The summed E-state index contributed by atoms with van der Waals surface area (Å²) in [6.07, 6.45) is 1.68. The normalized spacial score (nSPS) is 21.4. The van der Waals surface area contributed by atoms with Crippen LogP contribution in [0.5, 0.6) is 0 Å². The third-order valence-corrected chi connectivity index (χ3v) is 3.34. The number of Topliss-reactive ketones (excluding diaryl/α,β-unsaturated/α-hetero) is 1. The minimum atomic E-state index is 0.286. The van der Waals surface area contributed by atoms with Crippen LogP contribution < -0.4 is 0 Å². The van der Waals surface area contributed by atoms with Crippen LogP contribution in [-0.4, -0.2) is 5.78 Å². The summed E-state index contributed by atoms with van der Waals surface area (Å²) < 4.78 is 1.07. The predicted octanol–water partition coefficient (Wildman–Crippen LogP) is 3.53. The number of hydrogen-bond acceptors (Lipinski definition) is 1. The minimum absolute atomic E-state index is 0.286. The molecule has 0 aromatic heterocycles. The Balaban J connectivity index is 2.63. The SMILES string of the molecule is CC1CCC(=O)c2cccc(Br)c21. The summed E-state index contributed by atoms with van der Waals surface area (Å²) in [7, 11) is 0. The van der Waals surface area contributed by atoms with Gasteiger partial charge in [0.15, 0.2) is 5.78 Å². The monoisotopic (exact) mass is 238 g/mol. The van der Waals surface area contributed by atoms with Gasteiger partial charge >= 0.3 is 0 Å². The first-order valence-electron chi connectivity index (χ1n) is 4.51. The van der Waals surface area contributed by atoms with E-state index in [1.807, 2.05) is 18.2 Å². The molecule has 1 unspecified atom stereocenters. The Morgan fingerprint density at radius 2 is 2.23 bits per heavy atom. The Labute approximate surface area is 86.3 Å². The van der Waals surface area contributed by atoms with Gasteiger partial charge in [-0.25, -0.2) is 0 Å². The molecule has 68 valence electrons. The number of carbonyl (C=O) groups excluding carboxylic acids is 1. The number of hydrogen-bond donors (Lipinski definition) is 0. The molecule has 2 rings (SSSR count). The highest BCUT2D eigenvalue weighted by atomic mass is 79.9. The molecule has 1 aliphatic carbocycles. The van der Waals surface area contributed by atoms with Crippen molar-refractivity contribution >= 4 is 21.7 Å². The van der Waals surface area contributed by atoms with E-state index in [9.17, 15) is 4.79 Å². The van der Waals surface area contributed by atoms with Crippen molar-refractivity contribution in [3.8, 4) is 0 Å². The lowest BCUT2D eigenvalue weighted by molar-refractivity contribution is 0.0968. The molecule has 0 saturated carbocycles. The van der Waals surface area contributed by atoms with Crippen LogP contribution in [0.1, 0.15) is 41.6 Å². The van der Waals surface area contributed by atoms with E-state index in [0.29, 0.717) is 12.3 Å². The fourth-order valence-electron chi connectivity index (χ4n) is 1.91. The third kappa shape index (κ3) is 1.44. The first-order valence-corrected chi connectivity index (χ1v) is 5.31. The maximum Gasteiger partial charge on any atom is 0.163 e. The van der Waals surface area contributed by atoms with Crippen molar-refractivity contribution < 1.29 is 4.79 Å². The van der Waals surface area contributed by atoms with Crippen molar-refractivity contribution in [3.05, 3.63) is 33.8 Å². The molecule has 0 heterocycles.